The molecule has 0 radical (unpaired) electrons. The SMILES string of the molecule is Fc1cccc(N(c2ccccc2)c2ccc3cc4c(cc3c2)C2(c3ccccc3-c3ccccc32)c2cc(N(c3ccccc3)c3cccc(F)c3)c3ccccc3c2-4)c1. The van der Waals surface area contributed by atoms with Gasteiger partial charge in [-0.25, -0.2) is 8.78 Å². The van der Waals surface area contributed by atoms with Gasteiger partial charge in [-0.05, 0) is 152 Å². The second-order valence-electron chi connectivity index (χ2n) is 15.9. The van der Waals surface area contributed by atoms with E-state index >= 15 is 4.39 Å². The Labute approximate surface area is 352 Å². The highest BCUT2D eigenvalue weighted by Gasteiger charge is 2.52. The van der Waals surface area contributed by atoms with E-state index < -0.39 is 5.41 Å². The number of benzene rings is 10. The Morgan fingerprint density at radius 1 is 0.311 bits per heavy atom. The molecule has 10 aromatic rings. The van der Waals surface area contributed by atoms with E-state index in [1.807, 2.05) is 48.5 Å². The molecule has 0 bridgehead atoms. The highest BCUT2D eigenvalue weighted by molar-refractivity contribution is 6.13. The maximum absolute atomic E-state index is 15.2. The molecule has 0 amide bonds. The number of fused-ring (bicyclic) bond motifs is 13. The highest BCUT2D eigenvalue weighted by atomic mass is 19.1. The van der Waals surface area contributed by atoms with Crippen LogP contribution in [-0.4, -0.2) is 0 Å². The molecule has 0 saturated carbocycles. The van der Waals surface area contributed by atoms with E-state index in [0.29, 0.717) is 0 Å². The lowest BCUT2D eigenvalue weighted by Gasteiger charge is -2.33. The lowest BCUT2D eigenvalue weighted by molar-refractivity contribution is 0.627. The predicted molar refractivity (Wildman–Crippen MR) is 247 cm³/mol. The standard InChI is InChI=1S/C57H36F2N2/c58-39-15-13-21-43(34-39)60(41-17-3-1-4-18-41)45-30-29-37-32-50-53(33-38(37)31-45)57(51-27-11-9-23-46(51)47-24-10-12-28-52(47)57)54-36-55(48-25-7-8-26-49(48)56(50)54)61(42-19-5-2-6-20-42)44-22-14-16-40(59)35-44/h1-36H. The molecule has 0 fully saturated rings. The smallest absolute Gasteiger partial charge is 0.125 e. The minimum Gasteiger partial charge on any atom is -0.310 e. The van der Waals surface area contributed by atoms with Crippen LogP contribution in [0, 0.1) is 11.6 Å². The van der Waals surface area contributed by atoms with Gasteiger partial charge in [0.1, 0.15) is 11.6 Å². The monoisotopic (exact) mass is 786 g/mol. The third-order valence-corrected chi connectivity index (χ3v) is 12.7. The molecule has 0 atom stereocenters. The zero-order chi connectivity index (χ0) is 40.7. The molecule has 0 saturated heterocycles. The van der Waals surface area contributed by atoms with E-state index in [0.717, 1.165) is 55.7 Å². The summed E-state index contributed by atoms with van der Waals surface area (Å²) < 4.78 is 30.1. The second-order valence-corrected chi connectivity index (χ2v) is 15.9. The molecule has 0 unspecified atom stereocenters. The topological polar surface area (TPSA) is 6.48 Å². The molecule has 61 heavy (non-hydrogen) atoms. The van der Waals surface area contributed by atoms with Gasteiger partial charge in [0, 0.05) is 33.8 Å². The van der Waals surface area contributed by atoms with E-state index in [9.17, 15) is 4.39 Å². The first-order chi connectivity index (χ1) is 30.1. The molecule has 0 aromatic heterocycles. The van der Waals surface area contributed by atoms with Crippen LogP contribution in [0.4, 0.5) is 42.9 Å². The van der Waals surface area contributed by atoms with Gasteiger partial charge in [-0.3, -0.25) is 0 Å². The summed E-state index contributed by atoms with van der Waals surface area (Å²) in [4.78, 5) is 4.31. The van der Waals surface area contributed by atoms with Gasteiger partial charge >= 0.3 is 0 Å². The van der Waals surface area contributed by atoms with Gasteiger partial charge in [-0.1, -0.05) is 127 Å². The van der Waals surface area contributed by atoms with E-state index in [2.05, 4.69) is 143 Å². The largest absolute Gasteiger partial charge is 0.310 e. The number of para-hydroxylation sites is 2. The van der Waals surface area contributed by atoms with E-state index in [-0.39, 0.29) is 11.6 Å². The zero-order valence-electron chi connectivity index (χ0n) is 32.9. The molecule has 0 heterocycles. The number of rotatable bonds is 6. The van der Waals surface area contributed by atoms with Crippen molar-refractivity contribution < 1.29 is 8.78 Å². The Hall–Kier alpha value is -7.82. The fourth-order valence-electron chi connectivity index (χ4n) is 10.3. The van der Waals surface area contributed by atoms with Crippen molar-refractivity contribution in [3.63, 3.8) is 0 Å². The van der Waals surface area contributed by atoms with Gasteiger partial charge < -0.3 is 9.80 Å². The summed E-state index contributed by atoms with van der Waals surface area (Å²) in [6, 6.07) is 74.1. The van der Waals surface area contributed by atoms with Crippen LogP contribution in [0.1, 0.15) is 22.3 Å². The first kappa shape index (κ1) is 35.2. The van der Waals surface area contributed by atoms with Crippen LogP contribution < -0.4 is 9.80 Å². The van der Waals surface area contributed by atoms with Gasteiger partial charge in [-0.15, -0.1) is 0 Å². The summed E-state index contributed by atoms with van der Waals surface area (Å²) >= 11 is 0. The zero-order valence-corrected chi connectivity index (χ0v) is 32.9. The lowest BCUT2D eigenvalue weighted by atomic mass is 9.70. The minimum atomic E-state index is -0.674. The van der Waals surface area contributed by atoms with E-state index in [4.69, 9.17) is 0 Å². The van der Waals surface area contributed by atoms with Crippen molar-refractivity contribution in [1.82, 2.24) is 0 Å². The number of anilines is 6. The van der Waals surface area contributed by atoms with Crippen molar-refractivity contribution in [3.05, 3.63) is 252 Å². The number of nitrogens with zero attached hydrogens (tertiary/aromatic N) is 2. The van der Waals surface area contributed by atoms with Crippen molar-refractivity contribution in [1.29, 1.82) is 0 Å². The summed E-state index contributed by atoms with van der Waals surface area (Å²) in [6.45, 7) is 0. The molecular weight excluding hydrogens is 751 g/mol. The molecule has 10 aromatic carbocycles. The Morgan fingerprint density at radius 2 is 0.836 bits per heavy atom. The van der Waals surface area contributed by atoms with E-state index in [1.165, 1.54) is 56.6 Å². The number of halogens is 2. The maximum atomic E-state index is 15.2. The number of hydrogen-bond donors (Lipinski definition) is 0. The van der Waals surface area contributed by atoms with E-state index in [1.54, 1.807) is 24.3 Å². The molecule has 2 aliphatic carbocycles. The predicted octanol–water partition coefficient (Wildman–Crippen LogP) is 15.6. The maximum Gasteiger partial charge on any atom is 0.125 e. The normalized spacial score (nSPS) is 12.9. The third-order valence-electron chi connectivity index (χ3n) is 12.7. The average molecular weight is 787 g/mol. The van der Waals surface area contributed by atoms with Gasteiger partial charge in [0.05, 0.1) is 11.1 Å². The number of hydrogen-bond acceptors (Lipinski definition) is 2. The molecule has 2 aliphatic rings. The van der Waals surface area contributed by atoms with Gasteiger partial charge in [-0.2, -0.15) is 0 Å². The molecular formula is C57H36F2N2. The average Bonchev–Trinajstić information content (AvgIpc) is 3.76. The van der Waals surface area contributed by atoms with Crippen LogP contribution in [0.15, 0.2) is 218 Å². The van der Waals surface area contributed by atoms with Gasteiger partial charge in [0.2, 0.25) is 0 Å². The van der Waals surface area contributed by atoms with Crippen molar-refractivity contribution in [3.8, 4) is 22.3 Å². The molecule has 4 heteroatoms. The van der Waals surface area contributed by atoms with Crippen LogP contribution in [0.3, 0.4) is 0 Å². The Kier molecular flexibility index (Phi) is 7.85. The van der Waals surface area contributed by atoms with Crippen LogP contribution in [-0.2, 0) is 5.41 Å². The van der Waals surface area contributed by atoms with Gasteiger partial charge in [0.15, 0.2) is 0 Å². The summed E-state index contributed by atoms with van der Waals surface area (Å²) in [7, 11) is 0. The third kappa shape index (κ3) is 5.25. The van der Waals surface area contributed by atoms with Crippen molar-refractivity contribution in [2.45, 2.75) is 5.41 Å². The summed E-state index contributed by atoms with van der Waals surface area (Å²) in [5.74, 6) is -0.578. The Morgan fingerprint density at radius 3 is 1.48 bits per heavy atom. The molecule has 2 nitrogen and oxygen atoms in total. The molecule has 0 N–H and O–H groups in total. The summed E-state index contributed by atoms with van der Waals surface area (Å²) in [6.07, 6.45) is 0. The fourth-order valence-corrected chi connectivity index (χ4v) is 10.3. The van der Waals surface area contributed by atoms with Crippen molar-refractivity contribution in [2.75, 3.05) is 9.80 Å². The first-order valence-electron chi connectivity index (χ1n) is 20.6. The quantitative estimate of drug-likeness (QED) is 0.166. The van der Waals surface area contributed by atoms with Crippen molar-refractivity contribution >= 4 is 55.7 Å². The van der Waals surface area contributed by atoms with Gasteiger partial charge in [0.25, 0.3) is 0 Å². The minimum absolute atomic E-state index is 0.287. The summed E-state index contributed by atoms with van der Waals surface area (Å²) in [5.41, 5.74) is 14.3. The van der Waals surface area contributed by atoms with Crippen LogP contribution >= 0.6 is 0 Å². The summed E-state index contributed by atoms with van der Waals surface area (Å²) in [5, 5.41) is 4.39. The first-order valence-corrected chi connectivity index (χ1v) is 20.6. The van der Waals surface area contributed by atoms with Crippen LogP contribution in [0.5, 0.6) is 0 Å². The lowest BCUT2D eigenvalue weighted by Crippen LogP contribution is -2.26. The Balaban J connectivity index is 1.18. The fraction of sp³-hybridized carbons (Fsp3) is 0.0175. The second kappa shape index (κ2) is 13.6. The molecule has 1 spiro atoms. The molecule has 12 rings (SSSR count). The highest BCUT2D eigenvalue weighted by Crippen LogP contribution is 2.65. The van der Waals surface area contributed by atoms with Crippen molar-refractivity contribution in [2.24, 2.45) is 0 Å². The van der Waals surface area contributed by atoms with Crippen LogP contribution in [0.25, 0.3) is 43.8 Å². The molecule has 0 aliphatic heterocycles. The Bertz CT molecular complexity index is 3310. The molecule has 288 valence electrons. The van der Waals surface area contributed by atoms with Crippen LogP contribution in [0.2, 0.25) is 0 Å².